The second-order valence-electron chi connectivity index (χ2n) is 5.61. The largest absolute Gasteiger partial charge is 0.369 e. The zero-order valence-electron chi connectivity index (χ0n) is 11.8. The average Bonchev–Trinajstić information content (AvgIpc) is 2.96. The maximum Gasteiger partial charge on any atom is 0.221 e. The number of nitrogens with zero attached hydrogens (tertiary/aromatic N) is 1. The summed E-state index contributed by atoms with van der Waals surface area (Å²) >= 11 is 0. The Hall–Kier alpha value is -1.81. The van der Waals surface area contributed by atoms with Crippen molar-refractivity contribution in [1.29, 1.82) is 0 Å². The first-order valence-corrected chi connectivity index (χ1v) is 7.28. The van der Waals surface area contributed by atoms with Crippen molar-refractivity contribution < 1.29 is 4.79 Å². The summed E-state index contributed by atoms with van der Waals surface area (Å²) in [5.41, 5.74) is 9.15. The second kappa shape index (κ2) is 5.29. The molecule has 4 nitrogen and oxygen atoms in total. The van der Waals surface area contributed by atoms with Gasteiger partial charge >= 0.3 is 0 Å². The lowest BCUT2D eigenvalue weighted by atomic mass is 10.0. The lowest BCUT2D eigenvalue weighted by Crippen LogP contribution is -2.40. The van der Waals surface area contributed by atoms with E-state index in [1.165, 1.54) is 11.1 Å². The molecule has 1 fully saturated rings. The molecule has 0 radical (unpaired) electrons. The Labute approximate surface area is 119 Å². The molecule has 1 saturated heterocycles. The zero-order valence-corrected chi connectivity index (χ0v) is 11.8. The first-order chi connectivity index (χ1) is 9.67. The van der Waals surface area contributed by atoms with Crippen molar-refractivity contribution in [2.45, 2.75) is 25.9 Å². The highest BCUT2D eigenvalue weighted by Gasteiger charge is 2.31. The van der Waals surface area contributed by atoms with Crippen LogP contribution in [0, 0.1) is 5.92 Å². The molecule has 0 bridgehead atoms. The van der Waals surface area contributed by atoms with Gasteiger partial charge in [0.2, 0.25) is 5.91 Å². The van der Waals surface area contributed by atoms with Gasteiger partial charge in [-0.2, -0.15) is 0 Å². The van der Waals surface area contributed by atoms with Crippen LogP contribution in [0.3, 0.4) is 0 Å². The minimum atomic E-state index is -0.180. The lowest BCUT2D eigenvalue weighted by molar-refractivity contribution is -0.121. The minimum absolute atomic E-state index is 0.00550. The molecule has 3 N–H and O–H groups in total. The number of carbonyl (C=O) groups is 1. The summed E-state index contributed by atoms with van der Waals surface area (Å²) < 4.78 is 0. The van der Waals surface area contributed by atoms with E-state index in [0.717, 1.165) is 31.6 Å². The molecule has 1 aromatic rings. The van der Waals surface area contributed by atoms with E-state index in [0.29, 0.717) is 0 Å². The number of aryl methyl sites for hydroxylation is 1. The number of nitrogens with one attached hydrogen (secondary N) is 1. The summed E-state index contributed by atoms with van der Waals surface area (Å²) in [6.07, 6.45) is 6.43. The van der Waals surface area contributed by atoms with Crippen LogP contribution in [0.15, 0.2) is 24.3 Å². The van der Waals surface area contributed by atoms with Gasteiger partial charge in [-0.15, -0.1) is 0 Å². The van der Waals surface area contributed by atoms with Gasteiger partial charge in [-0.3, -0.25) is 9.69 Å². The van der Waals surface area contributed by atoms with E-state index in [-0.39, 0.29) is 18.0 Å². The highest BCUT2D eigenvalue weighted by molar-refractivity contribution is 5.77. The number of likely N-dealkylation sites (tertiary alicyclic amines) is 1. The Balaban J connectivity index is 1.73. The van der Waals surface area contributed by atoms with Crippen molar-refractivity contribution in [2.75, 3.05) is 18.4 Å². The monoisotopic (exact) mass is 271 g/mol. The molecule has 0 aromatic heterocycles. The number of primary amides is 1. The summed E-state index contributed by atoms with van der Waals surface area (Å²) in [7, 11) is 0. The highest BCUT2D eigenvalue weighted by atomic mass is 16.1. The van der Waals surface area contributed by atoms with Crippen LogP contribution >= 0.6 is 0 Å². The van der Waals surface area contributed by atoms with Crippen LogP contribution < -0.4 is 11.1 Å². The Bertz CT molecular complexity index is 553. The summed E-state index contributed by atoms with van der Waals surface area (Å²) in [4.78, 5) is 13.5. The van der Waals surface area contributed by atoms with E-state index < -0.39 is 0 Å². The molecular formula is C16H21N3O. The Morgan fingerprint density at radius 2 is 2.35 bits per heavy atom. The number of amides is 1. The number of carbonyl (C=O) groups excluding carboxylic acids is 1. The predicted octanol–water partition coefficient (Wildman–Crippen LogP) is 1.82. The first-order valence-electron chi connectivity index (χ1n) is 7.28. The van der Waals surface area contributed by atoms with E-state index in [1.54, 1.807) is 0 Å². The molecule has 0 saturated carbocycles. The molecule has 2 atom stereocenters. The quantitative estimate of drug-likeness (QED) is 0.881. The molecule has 2 unspecified atom stereocenters. The van der Waals surface area contributed by atoms with Crippen LogP contribution in [-0.4, -0.2) is 30.1 Å². The standard InChI is InChI=1S/C16H21N3O/c1-2-11-3-5-14-12(9-11)4-6-15(18-14)19-8-7-13(10-19)16(17)20/h3-6,9,13,15,18H,2,7-8,10H2,1H3,(H2,17,20). The van der Waals surface area contributed by atoms with Crippen molar-refractivity contribution in [3.63, 3.8) is 0 Å². The fourth-order valence-electron chi connectivity index (χ4n) is 2.99. The van der Waals surface area contributed by atoms with Gasteiger partial charge in [0.05, 0.1) is 12.1 Å². The Kier molecular flexibility index (Phi) is 3.49. The molecule has 1 amide bonds. The van der Waals surface area contributed by atoms with Crippen molar-refractivity contribution in [3.05, 3.63) is 35.4 Å². The van der Waals surface area contributed by atoms with E-state index in [4.69, 9.17) is 5.73 Å². The third-order valence-corrected chi connectivity index (χ3v) is 4.30. The van der Waals surface area contributed by atoms with Crippen LogP contribution in [-0.2, 0) is 11.2 Å². The van der Waals surface area contributed by atoms with E-state index in [2.05, 4.69) is 47.5 Å². The first kappa shape index (κ1) is 13.2. The molecule has 0 spiro atoms. The SMILES string of the molecule is CCc1ccc2c(c1)C=CC(N1CCC(C(N)=O)C1)N2. The fourth-order valence-corrected chi connectivity index (χ4v) is 2.99. The smallest absolute Gasteiger partial charge is 0.221 e. The summed E-state index contributed by atoms with van der Waals surface area (Å²) in [6, 6.07) is 6.54. The molecular weight excluding hydrogens is 250 g/mol. The van der Waals surface area contributed by atoms with Gasteiger partial charge in [0, 0.05) is 18.8 Å². The van der Waals surface area contributed by atoms with Crippen LogP contribution in [0.25, 0.3) is 6.08 Å². The normalized spacial score (nSPS) is 25.2. The van der Waals surface area contributed by atoms with Crippen LogP contribution in [0.5, 0.6) is 0 Å². The maximum absolute atomic E-state index is 11.3. The third-order valence-electron chi connectivity index (χ3n) is 4.30. The Morgan fingerprint density at radius 1 is 1.50 bits per heavy atom. The van der Waals surface area contributed by atoms with Crippen molar-refractivity contribution in [2.24, 2.45) is 11.7 Å². The summed E-state index contributed by atoms with van der Waals surface area (Å²) in [5.74, 6) is -0.186. The van der Waals surface area contributed by atoms with Gasteiger partial charge in [-0.05, 0) is 42.2 Å². The summed E-state index contributed by atoms with van der Waals surface area (Å²) in [6.45, 7) is 3.83. The van der Waals surface area contributed by atoms with E-state index in [1.807, 2.05) is 0 Å². The van der Waals surface area contributed by atoms with Crippen LogP contribution in [0.1, 0.15) is 24.5 Å². The summed E-state index contributed by atoms with van der Waals surface area (Å²) in [5, 5.41) is 3.54. The Morgan fingerprint density at radius 3 is 3.05 bits per heavy atom. The van der Waals surface area contributed by atoms with Gasteiger partial charge < -0.3 is 11.1 Å². The molecule has 20 heavy (non-hydrogen) atoms. The van der Waals surface area contributed by atoms with Crippen molar-refractivity contribution >= 4 is 17.7 Å². The molecule has 2 heterocycles. The van der Waals surface area contributed by atoms with E-state index in [9.17, 15) is 4.79 Å². The van der Waals surface area contributed by atoms with Gasteiger partial charge in [-0.25, -0.2) is 0 Å². The number of rotatable bonds is 3. The van der Waals surface area contributed by atoms with Crippen molar-refractivity contribution in [3.8, 4) is 0 Å². The van der Waals surface area contributed by atoms with Gasteiger partial charge in [-0.1, -0.05) is 19.1 Å². The van der Waals surface area contributed by atoms with Crippen LogP contribution in [0.4, 0.5) is 5.69 Å². The fraction of sp³-hybridized carbons (Fsp3) is 0.438. The van der Waals surface area contributed by atoms with Gasteiger partial charge in [0.15, 0.2) is 0 Å². The molecule has 106 valence electrons. The third kappa shape index (κ3) is 2.43. The molecule has 3 rings (SSSR count). The number of hydrogen-bond donors (Lipinski definition) is 2. The number of hydrogen-bond acceptors (Lipinski definition) is 3. The molecule has 4 heteroatoms. The highest BCUT2D eigenvalue weighted by Crippen LogP contribution is 2.28. The lowest BCUT2D eigenvalue weighted by Gasteiger charge is -2.30. The molecule has 2 aliphatic rings. The number of anilines is 1. The molecule has 1 aromatic carbocycles. The van der Waals surface area contributed by atoms with Crippen LogP contribution in [0.2, 0.25) is 0 Å². The molecule has 0 aliphatic carbocycles. The van der Waals surface area contributed by atoms with Gasteiger partial charge in [0.25, 0.3) is 0 Å². The predicted molar refractivity (Wildman–Crippen MR) is 81.1 cm³/mol. The second-order valence-corrected chi connectivity index (χ2v) is 5.61. The number of fused-ring (bicyclic) bond motifs is 1. The number of benzene rings is 1. The minimum Gasteiger partial charge on any atom is -0.369 e. The number of nitrogens with two attached hydrogens (primary N) is 1. The average molecular weight is 271 g/mol. The molecule has 2 aliphatic heterocycles. The maximum atomic E-state index is 11.3. The topological polar surface area (TPSA) is 58.4 Å². The van der Waals surface area contributed by atoms with E-state index >= 15 is 0 Å². The van der Waals surface area contributed by atoms with Gasteiger partial charge in [0.1, 0.15) is 0 Å². The zero-order chi connectivity index (χ0) is 14.1. The van der Waals surface area contributed by atoms with Crippen molar-refractivity contribution in [1.82, 2.24) is 4.90 Å².